The minimum absolute atomic E-state index is 0.0727. The average Bonchev–Trinajstić information content (AvgIpc) is 3.77. The normalized spacial score (nSPS) is 20.7. The van der Waals surface area contributed by atoms with Crippen molar-refractivity contribution in [2.75, 3.05) is 37.6 Å². The summed E-state index contributed by atoms with van der Waals surface area (Å²) in [5, 5.41) is 4.64. The van der Waals surface area contributed by atoms with Crippen LogP contribution in [0.1, 0.15) is 47.2 Å². The molecular formula is C46H41N7O5. The van der Waals surface area contributed by atoms with Gasteiger partial charge < -0.3 is 24.3 Å². The number of piperazine rings is 1. The maximum Gasteiger partial charge on any atom is 0.255 e. The van der Waals surface area contributed by atoms with Crippen molar-refractivity contribution in [3.8, 4) is 34.6 Å². The van der Waals surface area contributed by atoms with Crippen molar-refractivity contribution < 1.29 is 23.9 Å². The van der Waals surface area contributed by atoms with Crippen molar-refractivity contribution in [1.29, 1.82) is 0 Å². The molecule has 12 heteroatoms. The lowest BCUT2D eigenvalue weighted by Gasteiger charge is -2.35. The van der Waals surface area contributed by atoms with E-state index in [1.807, 2.05) is 60.9 Å². The fraction of sp³-hybridized carbons (Fsp3) is 0.283. The fourth-order valence-corrected chi connectivity index (χ4v) is 8.41. The number of pyridine rings is 2. The molecule has 3 fully saturated rings. The molecule has 3 aromatic heterocycles. The molecule has 1 atom stereocenters. The van der Waals surface area contributed by atoms with Crippen LogP contribution < -0.4 is 19.7 Å². The van der Waals surface area contributed by atoms with Gasteiger partial charge in [-0.2, -0.15) is 0 Å². The van der Waals surface area contributed by atoms with Crippen LogP contribution in [-0.4, -0.2) is 93.4 Å². The lowest BCUT2D eigenvalue weighted by Crippen LogP contribution is -2.52. The molecule has 3 amide bonds. The molecule has 0 radical (unpaired) electrons. The summed E-state index contributed by atoms with van der Waals surface area (Å²) >= 11 is 0. The number of nitrogens with zero attached hydrogens (tertiary/aromatic N) is 5. The number of carbonyl (C=O) groups excluding carboxylic acids is 3. The number of aromatic nitrogens is 3. The average molecular weight is 772 g/mol. The van der Waals surface area contributed by atoms with Gasteiger partial charge in [-0.1, -0.05) is 24.0 Å². The molecule has 6 heterocycles. The number of nitrogens with one attached hydrogen (secondary N) is 2. The second-order valence-corrected chi connectivity index (χ2v) is 15.5. The molecule has 1 saturated carbocycles. The van der Waals surface area contributed by atoms with E-state index in [9.17, 15) is 14.4 Å². The number of rotatable bonds is 8. The smallest absolute Gasteiger partial charge is 0.255 e. The van der Waals surface area contributed by atoms with Gasteiger partial charge in [0.2, 0.25) is 17.7 Å². The minimum atomic E-state index is -0.605. The van der Waals surface area contributed by atoms with E-state index >= 15 is 0 Å². The van der Waals surface area contributed by atoms with E-state index in [0.29, 0.717) is 31.0 Å². The van der Waals surface area contributed by atoms with Crippen molar-refractivity contribution in [3.63, 3.8) is 0 Å². The number of hydrogen-bond donors (Lipinski definition) is 2. The van der Waals surface area contributed by atoms with Gasteiger partial charge in [0.15, 0.2) is 0 Å². The third-order valence-electron chi connectivity index (χ3n) is 11.7. The van der Waals surface area contributed by atoms with E-state index in [0.717, 1.165) is 94.5 Å². The van der Waals surface area contributed by atoms with Crippen LogP contribution in [0.4, 0.5) is 5.69 Å². The molecular weight excluding hydrogens is 731 g/mol. The van der Waals surface area contributed by atoms with Crippen LogP contribution in [0.3, 0.4) is 0 Å². The Kier molecular flexibility index (Phi) is 9.22. The van der Waals surface area contributed by atoms with Gasteiger partial charge in [-0.25, -0.2) is 4.98 Å². The molecule has 290 valence electrons. The van der Waals surface area contributed by atoms with Crippen molar-refractivity contribution in [1.82, 2.24) is 30.1 Å². The summed E-state index contributed by atoms with van der Waals surface area (Å²) in [6.07, 6.45) is 7.95. The van der Waals surface area contributed by atoms with Gasteiger partial charge in [-0.15, -0.1) is 0 Å². The molecule has 0 bridgehead atoms. The molecule has 6 aromatic rings. The second-order valence-electron chi connectivity index (χ2n) is 15.5. The number of ether oxygens (including phenoxy) is 2. The molecule has 2 saturated heterocycles. The highest BCUT2D eigenvalue weighted by Crippen LogP contribution is 2.33. The lowest BCUT2D eigenvalue weighted by atomic mass is 9.92. The summed E-state index contributed by atoms with van der Waals surface area (Å²) in [4.78, 5) is 55.7. The summed E-state index contributed by atoms with van der Waals surface area (Å²) in [5.74, 6) is 7.27. The van der Waals surface area contributed by atoms with Crippen LogP contribution in [0.2, 0.25) is 0 Å². The van der Waals surface area contributed by atoms with Gasteiger partial charge in [0, 0.05) is 121 Å². The van der Waals surface area contributed by atoms with Gasteiger partial charge in [0.1, 0.15) is 24.0 Å². The Bertz CT molecular complexity index is 2620. The minimum Gasteiger partial charge on any atom is -0.490 e. The number of H-pyrrole nitrogens is 1. The van der Waals surface area contributed by atoms with E-state index in [-0.39, 0.29) is 36.4 Å². The molecule has 2 N–H and O–H groups in total. The van der Waals surface area contributed by atoms with Crippen molar-refractivity contribution in [2.45, 2.75) is 50.5 Å². The van der Waals surface area contributed by atoms with E-state index in [4.69, 9.17) is 9.47 Å². The van der Waals surface area contributed by atoms with Gasteiger partial charge in [-0.3, -0.25) is 29.6 Å². The van der Waals surface area contributed by atoms with E-state index in [1.165, 1.54) is 0 Å². The molecule has 58 heavy (non-hydrogen) atoms. The van der Waals surface area contributed by atoms with Crippen LogP contribution in [0.5, 0.6) is 11.6 Å². The number of imide groups is 1. The number of amides is 3. The Morgan fingerprint density at radius 1 is 0.793 bits per heavy atom. The third-order valence-corrected chi connectivity index (χ3v) is 11.7. The zero-order valence-electron chi connectivity index (χ0n) is 31.8. The van der Waals surface area contributed by atoms with Crippen LogP contribution in [0.25, 0.3) is 32.9 Å². The standard InChI is InChI=1S/C46H41N7O5/c54-43-13-12-42(45(55)50-43)53-28-32-22-33(7-11-37(32)46(53)56)52-20-18-51(19-21-52)17-1-2-29-3-8-34(9-4-29)57-35-24-36(25-35)58-44-14-6-31(26-48-44)30-5-10-38-39-27-47-16-15-40(39)49-41(38)23-30/h3-11,14-16,22-23,26-27,35-36,42,49H,12-13,17-21,24-25,28H2,(H,50,54,55). The van der Waals surface area contributed by atoms with Crippen LogP contribution >= 0.6 is 0 Å². The highest BCUT2D eigenvalue weighted by atomic mass is 16.5. The van der Waals surface area contributed by atoms with Crippen molar-refractivity contribution in [3.05, 3.63) is 114 Å². The van der Waals surface area contributed by atoms with E-state index < -0.39 is 6.04 Å². The molecule has 3 aliphatic heterocycles. The van der Waals surface area contributed by atoms with Crippen molar-refractivity contribution in [2.24, 2.45) is 0 Å². The summed E-state index contributed by atoms with van der Waals surface area (Å²) < 4.78 is 12.4. The fourth-order valence-electron chi connectivity index (χ4n) is 8.41. The Labute approximate surface area is 335 Å². The number of carbonyl (C=O) groups is 3. The maximum atomic E-state index is 13.1. The third kappa shape index (κ3) is 7.09. The quantitative estimate of drug-likeness (QED) is 0.148. The van der Waals surface area contributed by atoms with E-state index in [1.54, 1.807) is 11.1 Å². The molecule has 1 aliphatic carbocycles. The first-order valence-corrected chi connectivity index (χ1v) is 19.9. The Hall–Kier alpha value is -6.71. The summed E-state index contributed by atoms with van der Waals surface area (Å²) in [6.45, 7) is 4.55. The van der Waals surface area contributed by atoms with Gasteiger partial charge in [0.05, 0.1) is 6.54 Å². The largest absolute Gasteiger partial charge is 0.490 e. The van der Waals surface area contributed by atoms with Gasteiger partial charge in [-0.05, 0) is 78.2 Å². The number of piperidine rings is 1. The lowest BCUT2D eigenvalue weighted by molar-refractivity contribution is -0.136. The first-order chi connectivity index (χ1) is 28.4. The topological polar surface area (TPSA) is 133 Å². The number of hydrogen-bond acceptors (Lipinski definition) is 9. The number of benzene rings is 3. The predicted molar refractivity (Wildman–Crippen MR) is 219 cm³/mol. The number of anilines is 1. The summed E-state index contributed by atoms with van der Waals surface area (Å²) in [7, 11) is 0. The van der Waals surface area contributed by atoms with Crippen molar-refractivity contribution >= 4 is 45.2 Å². The molecule has 3 aromatic carbocycles. The summed E-state index contributed by atoms with van der Waals surface area (Å²) in [6, 6.07) is 25.7. The van der Waals surface area contributed by atoms with Crippen LogP contribution in [0.15, 0.2) is 97.5 Å². The molecule has 0 spiro atoms. The van der Waals surface area contributed by atoms with Gasteiger partial charge in [0.25, 0.3) is 5.91 Å². The SMILES string of the molecule is O=C1CCC(N2Cc3cc(N4CCN(CC#Cc5ccc(OC6CC(Oc7ccc(-c8ccc9c(c8)[nH]c8ccncc89)cn7)C6)cc5)CC4)ccc3C2=O)C(=O)N1. The monoisotopic (exact) mass is 771 g/mol. The van der Waals surface area contributed by atoms with E-state index in [2.05, 4.69) is 72.2 Å². The highest BCUT2D eigenvalue weighted by molar-refractivity contribution is 6.08. The Balaban J connectivity index is 0.655. The second kappa shape index (κ2) is 15.0. The molecule has 4 aliphatic rings. The molecule has 12 nitrogen and oxygen atoms in total. The van der Waals surface area contributed by atoms with Crippen LogP contribution in [0, 0.1) is 11.8 Å². The number of aromatic amines is 1. The first kappa shape index (κ1) is 35.7. The Morgan fingerprint density at radius 3 is 2.43 bits per heavy atom. The predicted octanol–water partition coefficient (Wildman–Crippen LogP) is 5.70. The highest BCUT2D eigenvalue weighted by Gasteiger charge is 2.39. The van der Waals surface area contributed by atoms with Crippen LogP contribution in [-0.2, 0) is 16.1 Å². The maximum absolute atomic E-state index is 13.1. The molecule has 1 unspecified atom stereocenters. The summed E-state index contributed by atoms with van der Waals surface area (Å²) in [5.41, 5.74) is 7.86. The Morgan fingerprint density at radius 2 is 1.62 bits per heavy atom. The molecule has 10 rings (SSSR count). The zero-order chi connectivity index (χ0) is 39.2. The zero-order valence-corrected chi connectivity index (χ0v) is 31.8. The number of fused-ring (bicyclic) bond motifs is 4. The van der Waals surface area contributed by atoms with Gasteiger partial charge >= 0.3 is 0 Å². The first-order valence-electron chi connectivity index (χ1n) is 19.9.